The average Bonchev–Trinajstić information content (AvgIpc) is 2.32. The van der Waals surface area contributed by atoms with Gasteiger partial charge < -0.3 is 10.1 Å². The normalized spacial score (nSPS) is 21.1. The highest BCUT2D eigenvalue weighted by molar-refractivity contribution is 5.67. The molecule has 0 bridgehead atoms. The molecule has 1 fully saturated rings. The lowest BCUT2D eigenvalue weighted by molar-refractivity contribution is 0.132. The van der Waals surface area contributed by atoms with Crippen molar-refractivity contribution in [1.29, 1.82) is 0 Å². The van der Waals surface area contributed by atoms with Gasteiger partial charge in [-0.15, -0.1) is 0 Å². The molecule has 0 aromatic heterocycles. The van der Waals surface area contributed by atoms with Crippen molar-refractivity contribution in [3.05, 3.63) is 35.4 Å². The topological polar surface area (TPSA) is 38.3 Å². The summed E-state index contributed by atoms with van der Waals surface area (Å²) in [6.07, 6.45) is 2.79. The SMILES string of the molecule is CCCCOC(=O)NC1CC(c2cc(F)cc(F)c2)C1. The zero-order chi connectivity index (χ0) is 14.5. The minimum absolute atomic E-state index is 0.0282. The molecule has 1 amide bonds. The first-order valence-electron chi connectivity index (χ1n) is 6.97. The van der Waals surface area contributed by atoms with Crippen LogP contribution in [-0.4, -0.2) is 18.7 Å². The molecule has 110 valence electrons. The Bertz CT molecular complexity index is 453. The van der Waals surface area contributed by atoms with E-state index in [9.17, 15) is 13.6 Å². The molecule has 0 saturated heterocycles. The molecule has 0 aliphatic heterocycles. The van der Waals surface area contributed by atoms with Gasteiger partial charge in [-0.25, -0.2) is 13.6 Å². The number of hydrogen-bond donors (Lipinski definition) is 1. The van der Waals surface area contributed by atoms with E-state index in [0.29, 0.717) is 25.0 Å². The monoisotopic (exact) mass is 283 g/mol. The van der Waals surface area contributed by atoms with Crippen molar-refractivity contribution in [2.24, 2.45) is 0 Å². The Morgan fingerprint density at radius 2 is 1.95 bits per heavy atom. The highest BCUT2D eigenvalue weighted by Gasteiger charge is 2.32. The van der Waals surface area contributed by atoms with Gasteiger partial charge in [-0.1, -0.05) is 13.3 Å². The summed E-state index contributed by atoms with van der Waals surface area (Å²) in [4.78, 5) is 11.4. The van der Waals surface area contributed by atoms with Crippen molar-refractivity contribution in [3.8, 4) is 0 Å². The van der Waals surface area contributed by atoms with E-state index in [1.165, 1.54) is 12.1 Å². The molecule has 0 spiro atoms. The van der Waals surface area contributed by atoms with E-state index in [4.69, 9.17) is 4.74 Å². The lowest BCUT2D eigenvalue weighted by Gasteiger charge is -2.35. The minimum Gasteiger partial charge on any atom is -0.450 e. The molecule has 1 aliphatic rings. The van der Waals surface area contributed by atoms with E-state index in [1.807, 2.05) is 6.92 Å². The van der Waals surface area contributed by atoms with Crippen molar-refractivity contribution in [1.82, 2.24) is 5.32 Å². The lowest BCUT2D eigenvalue weighted by atomic mass is 9.76. The number of hydrogen-bond acceptors (Lipinski definition) is 2. The molecule has 0 atom stereocenters. The van der Waals surface area contributed by atoms with Crippen LogP contribution in [0.15, 0.2) is 18.2 Å². The molecule has 1 aliphatic carbocycles. The highest BCUT2D eigenvalue weighted by atomic mass is 19.1. The van der Waals surface area contributed by atoms with Crippen LogP contribution in [0.3, 0.4) is 0 Å². The van der Waals surface area contributed by atoms with E-state index in [1.54, 1.807) is 0 Å². The maximum absolute atomic E-state index is 13.1. The van der Waals surface area contributed by atoms with E-state index < -0.39 is 17.7 Å². The Kier molecular flexibility index (Phi) is 4.93. The molecule has 0 unspecified atom stereocenters. The second-order valence-electron chi connectivity index (χ2n) is 5.20. The quantitative estimate of drug-likeness (QED) is 0.836. The number of amides is 1. The number of rotatable bonds is 5. The molecule has 1 aromatic carbocycles. The lowest BCUT2D eigenvalue weighted by Crippen LogP contribution is -2.43. The molecule has 2 rings (SSSR count). The zero-order valence-electron chi connectivity index (χ0n) is 11.5. The predicted octanol–water partition coefficient (Wildman–Crippen LogP) is 3.74. The first-order chi connectivity index (χ1) is 9.58. The van der Waals surface area contributed by atoms with Gasteiger partial charge >= 0.3 is 6.09 Å². The summed E-state index contributed by atoms with van der Waals surface area (Å²) < 4.78 is 31.2. The summed E-state index contributed by atoms with van der Waals surface area (Å²) in [5.74, 6) is -1.02. The van der Waals surface area contributed by atoms with Crippen LogP contribution >= 0.6 is 0 Å². The van der Waals surface area contributed by atoms with Gasteiger partial charge in [0.05, 0.1) is 6.61 Å². The number of halogens is 2. The number of carbonyl (C=O) groups excluding carboxylic acids is 1. The first-order valence-corrected chi connectivity index (χ1v) is 6.97. The van der Waals surface area contributed by atoms with Gasteiger partial charge in [0.2, 0.25) is 0 Å². The average molecular weight is 283 g/mol. The number of carbonyl (C=O) groups is 1. The van der Waals surface area contributed by atoms with Crippen LogP contribution in [0.1, 0.15) is 44.1 Å². The molecule has 0 heterocycles. The fourth-order valence-electron chi connectivity index (χ4n) is 2.34. The smallest absolute Gasteiger partial charge is 0.407 e. The third-order valence-corrected chi connectivity index (χ3v) is 3.55. The molecule has 1 saturated carbocycles. The minimum atomic E-state index is -0.560. The summed E-state index contributed by atoms with van der Waals surface area (Å²) in [6, 6.07) is 3.59. The molecule has 0 radical (unpaired) electrons. The van der Waals surface area contributed by atoms with Crippen LogP contribution < -0.4 is 5.32 Å². The molecule has 20 heavy (non-hydrogen) atoms. The second kappa shape index (κ2) is 6.68. The van der Waals surface area contributed by atoms with Gasteiger partial charge in [0.15, 0.2) is 0 Å². The molecule has 5 heteroatoms. The van der Waals surface area contributed by atoms with Gasteiger partial charge in [-0.05, 0) is 42.9 Å². The van der Waals surface area contributed by atoms with Gasteiger partial charge in [0.25, 0.3) is 0 Å². The number of benzene rings is 1. The van der Waals surface area contributed by atoms with E-state index in [2.05, 4.69) is 5.32 Å². The number of alkyl carbamates (subject to hydrolysis) is 1. The van der Waals surface area contributed by atoms with Crippen molar-refractivity contribution in [3.63, 3.8) is 0 Å². The summed E-state index contributed by atoms with van der Waals surface area (Å²) in [6.45, 7) is 2.45. The largest absolute Gasteiger partial charge is 0.450 e. The van der Waals surface area contributed by atoms with E-state index in [-0.39, 0.29) is 12.0 Å². The van der Waals surface area contributed by atoms with E-state index in [0.717, 1.165) is 18.9 Å². The van der Waals surface area contributed by atoms with Gasteiger partial charge in [0, 0.05) is 12.1 Å². The molecule has 1 N–H and O–H groups in total. The Hall–Kier alpha value is -1.65. The molecule has 1 aromatic rings. The molecule has 3 nitrogen and oxygen atoms in total. The van der Waals surface area contributed by atoms with Crippen LogP contribution in [-0.2, 0) is 4.74 Å². The van der Waals surface area contributed by atoms with Gasteiger partial charge in [-0.2, -0.15) is 0 Å². The Morgan fingerprint density at radius 1 is 1.30 bits per heavy atom. The summed E-state index contributed by atoms with van der Waals surface area (Å²) >= 11 is 0. The summed E-state index contributed by atoms with van der Waals surface area (Å²) in [5, 5.41) is 2.76. The number of nitrogens with one attached hydrogen (secondary N) is 1. The fourth-order valence-corrected chi connectivity index (χ4v) is 2.34. The maximum Gasteiger partial charge on any atom is 0.407 e. The third kappa shape index (κ3) is 3.92. The van der Waals surface area contributed by atoms with Gasteiger partial charge in [0.1, 0.15) is 11.6 Å². The predicted molar refractivity (Wildman–Crippen MR) is 71.5 cm³/mol. The maximum atomic E-state index is 13.1. The fraction of sp³-hybridized carbons (Fsp3) is 0.533. The Balaban J connectivity index is 1.75. The highest BCUT2D eigenvalue weighted by Crippen LogP contribution is 2.37. The van der Waals surface area contributed by atoms with Crippen LogP contribution in [0.2, 0.25) is 0 Å². The molecular weight excluding hydrogens is 264 g/mol. The molecular formula is C15H19F2NO2. The van der Waals surface area contributed by atoms with Gasteiger partial charge in [-0.3, -0.25) is 0 Å². The summed E-state index contributed by atoms with van der Waals surface area (Å²) in [7, 11) is 0. The summed E-state index contributed by atoms with van der Waals surface area (Å²) in [5.41, 5.74) is 0.653. The van der Waals surface area contributed by atoms with Crippen LogP contribution in [0, 0.1) is 11.6 Å². The van der Waals surface area contributed by atoms with Crippen LogP contribution in [0.25, 0.3) is 0 Å². The second-order valence-corrected chi connectivity index (χ2v) is 5.20. The first kappa shape index (κ1) is 14.8. The van der Waals surface area contributed by atoms with Crippen LogP contribution in [0.4, 0.5) is 13.6 Å². The van der Waals surface area contributed by atoms with Crippen molar-refractivity contribution in [2.75, 3.05) is 6.61 Å². The van der Waals surface area contributed by atoms with E-state index >= 15 is 0 Å². The standard InChI is InChI=1S/C15H19F2NO2/c1-2-3-4-20-15(19)18-14-7-11(8-14)10-5-12(16)9-13(17)6-10/h5-6,9,11,14H,2-4,7-8H2,1H3,(H,18,19). The van der Waals surface area contributed by atoms with Crippen LogP contribution in [0.5, 0.6) is 0 Å². The van der Waals surface area contributed by atoms with Crippen molar-refractivity contribution < 1.29 is 18.3 Å². The Morgan fingerprint density at radius 3 is 2.55 bits per heavy atom. The number of ether oxygens (including phenoxy) is 1. The third-order valence-electron chi connectivity index (χ3n) is 3.55. The van der Waals surface area contributed by atoms with Crippen molar-refractivity contribution in [2.45, 2.75) is 44.6 Å². The Labute approximate surface area is 117 Å². The number of unbranched alkanes of at least 4 members (excludes halogenated alkanes) is 1. The van der Waals surface area contributed by atoms with Crippen molar-refractivity contribution >= 4 is 6.09 Å². The zero-order valence-corrected chi connectivity index (χ0v) is 11.5.